The monoisotopic (exact) mass is 798 g/mol. The smallest absolute Gasteiger partial charge is 0.261 e. The highest BCUT2D eigenvalue weighted by Gasteiger charge is 2.37. The van der Waals surface area contributed by atoms with E-state index < -0.39 is 0 Å². The maximum atomic E-state index is 14.2. The van der Waals surface area contributed by atoms with Crippen molar-refractivity contribution in [3.05, 3.63) is 83.3 Å². The normalized spacial score (nSPS) is 22.8. The van der Waals surface area contributed by atoms with Gasteiger partial charge in [-0.05, 0) is 112 Å². The van der Waals surface area contributed by atoms with E-state index in [9.17, 15) is 19.2 Å². The van der Waals surface area contributed by atoms with Crippen LogP contribution in [0.5, 0.6) is 0 Å². The molecule has 14 heteroatoms. The number of fused-ring (bicyclic) bond motifs is 2. The fraction of sp³-hybridized carbons (Fsp3) is 0.511. The first kappa shape index (κ1) is 37.9. The fourth-order valence-electron chi connectivity index (χ4n) is 10.5. The van der Waals surface area contributed by atoms with Gasteiger partial charge in [0.25, 0.3) is 11.8 Å². The quantitative estimate of drug-likeness (QED) is 0.233. The topological polar surface area (TPSA) is 139 Å². The molecule has 14 nitrogen and oxygen atoms in total. The summed E-state index contributed by atoms with van der Waals surface area (Å²) in [5, 5.41) is 10.0. The number of carbonyl (C=O) groups excluding carboxylic acids is 4. The number of nitrogens with zero attached hydrogens (tertiary/aromatic N) is 8. The highest BCUT2D eigenvalue weighted by molar-refractivity contribution is 6.10. The largest absolute Gasteiger partial charge is 0.372 e. The van der Waals surface area contributed by atoms with Gasteiger partial charge >= 0.3 is 0 Å². The molecular formula is C45H54N10O4. The van der Waals surface area contributed by atoms with Crippen LogP contribution in [-0.2, 0) is 16.1 Å². The number of carbonyl (C=O) groups is 4. The Balaban J connectivity index is 0.758. The number of hydrogen-bond acceptors (Lipinski definition) is 10. The van der Waals surface area contributed by atoms with E-state index in [1.165, 1.54) is 25.2 Å². The van der Waals surface area contributed by atoms with Crippen molar-refractivity contribution in [3.63, 3.8) is 0 Å². The molecule has 5 fully saturated rings. The third-order valence-electron chi connectivity index (χ3n) is 14.1. The second kappa shape index (κ2) is 16.0. The Bertz CT molecular complexity index is 2230. The molecule has 0 bridgehead atoms. The molecule has 0 saturated carbocycles. The first-order chi connectivity index (χ1) is 28.8. The van der Waals surface area contributed by atoms with Crippen molar-refractivity contribution in [1.82, 2.24) is 34.6 Å². The van der Waals surface area contributed by atoms with Crippen LogP contribution in [0.1, 0.15) is 95.5 Å². The van der Waals surface area contributed by atoms with Gasteiger partial charge in [0.15, 0.2) is 5.65 Å². The molecule has 2 N–H and O–H groups in total. The predicted octanol–water partition coefficient (Wildman–Crippen LogP) is 4.51. The third kappa shape index (κ3) is 7.56. The van der Waals surface area contributed by atoms with Crippen molar-refractivity contribution < 1.29 is 19.2 Å². The molecule has 2 aromatic carbocycles. The molecule has 8 heterocycles. The van der Waals surface area contributed by atoms with Crippen LogP contribution in [0, 0.1) is 5.92 Å². The third-order valence-corrected chi connectivity index (χ3v) is 14.1. The van der Waals surface area contributed by atoms with E-state index in [0.717, 1.165) is 112 Å². The summed E-state index contributed by atoms with van der Waals surface area (Å²) in [5.74, 6) is -0.130. The van der Waals surface area contributed by atoms with Crippen LogP contribution in [0.2, 0.25) is 0 Å². The number of rotatable bonds is 9. The second-order valence-electron chi connectivity index (χ2n) is 17.5. The minimum Gasteiger partial charge on any atom is -0.372 e. The highest BCUT2D eigenvalue weighted by atomic mass is 16.2. The summed E-state index contributed by atoms with van der Waals surface area (Å²) in [6, 6.07) is 15.0. The maximum Gasteiger partial charge on any atom is 0.261 e. The van der Waals surface area contributed by atoms with Crippen LogP contribution in [0.3, 0.4) is 0 Å². The second-order valence-corrected chi connectivity index (χ2v) is 17.5. The Morgan fingerprint density at radius 3 is 2.31 bits per heavy atom. The minimum atomic E-state index is -0.254. The van der Waals surface area contributed by atoms with Crippen molar-refractivity contribution in [3.8, 4) is 0 Å². The Labute approximate surface area is 344 Å². The zero-order valence-electron chi connectivity index (χ0n) is 33.7. The first-order valence-electron chi connectivity index (χ1n) is 21.8. The van der Waals surface area contributed by atoms with Crippen molar-refractivity contribution in [2.45, 2.75) is 82.3 Å². The molecule has 1 unspecified atom stereocenters. The van der Waals surface area contributed by atoms with Gasteiger partial charge in [0, 0.05) is 94.5 Å². The molecule has 6 aliphatic heterocycles. The molecule has 6 aliphatic rings. The fourth-order valence-corrected chi connectivity index (χ4v) is 10.5. The highest BCUT2D eigenvalue weighted by Crippen LogP contribution is 2.39. The average molecular weight is 799 g/mol. The van der Waals surface area contributed by atoms with Gasteiger partial charge in [-0.25, -0.2) is 9.50 Å². The lowest BCUT2D eigenvalue weighted by Gasteiger charge is -2.43. The van der Waals surface area contributed by atoms with Gasteiger partial charge in [-0.2, -0.15) is 5.10 Å². The van der Waals surface area contributed by atoms with Crippen LogP contribution in [0.15, 0.2) is 61.1 Å². The van der Waals surface area contributed by atoms with Crippen LogP contribution < -0.4 is 20.4 Å². The van der Waals surface area contributed by atoms with E-state index >= 15 is 0 Å². The molecule has 0 radical (unpaired) electrons. The minimum absolute atomic E-state index is 0.109. The molecule has 2 aromatic heterocycles. The van der Waals surface area contributed by atoms with Crippen molar-refractivity contribution in [1.29, 1.82) is 0 Å². The molecule has 0 aliphatic carbocycles. The number of imide groups is 1. The lowest BCUT2D eigenvalue weighted by molar-refractivity contribution is -0.134. The zero-order chi connectivity index (χ0) is 40.0. The van der Waals surface area contributed by atoms with Gasteiger partial charge in [-0.15, -0.1) is 0 Å². The van der Waals surface area contributed by atoms with Gasteiger partial charge < -0.3 is 29.8 Å². The van der Waals surface area contributed by atoms with Crippen LogP contribution in [0.25, 0.3) is 5.65 Å². The van der Waals surface area contributed by atoms with Gasteiger partial charge in [-0.1, -0.05) is 12.1 Å². The molecule has 4 amide bonds. The van der Waals surface area contributed by atoms with E-state index in [1.807, 2.05) is 12.1 Å². The number of piperidine rings is 4. The predicted molar refractivity (Wildman–Crippen MR) is 225 cm³/mol. The molecule has 5 saturated heterocycles. The summed E-state index contributed by atoms with van der Waals surface area (Å²) in [5.41, 5.74) is 6.49. The SMILES string of the molecule is O=C1CCC(c2ccc(N3CCC(CN4CCC(N5Cc6cc(NC(=O)c7cnn8cccnc78)c(N7CCC(N8CCC8)CC7)cc6C5=O)CC4)CC3)cc2)C(=O)N1. The van der Waals surface area contributed by atoms with Crippen molar-refractivity contribution in [2.75, 3.05) is 74.0 Å². The van der Waals surface area contributed by atoms with Crippen molar-refractivity contribution in [2.24, 2.45) is 5.92 Å². The van der Waals surface area contributed by atoms with Crippen LogP contribution >= 0.6 is 0 Å². The first-order valence-corrected chi connectivity index (χ1v) is 21.8. The van der Waals surface area contributed by atoms with Gasteiger partial charge in [-0.3, -0.25) is 24.5 Å². The average Bonchev–Trinajstić information content (AvgIpc) is 3.82. The number of likely N-dealkylation sites (tertiary alicyclic amines) is 2. The number of amides is 4. The molecule has 308 valence electrons. The summed E-state index contributed by atoms with van der Waals surface area (Å²) in [6.45, 7) is 9.79. The number of nitrogens with one attached hydrogen (secondary N) is 2. The molecule has 4 aromatic rings. The molecule has 1 atom stereocenters. The van der Waals surface area contributed by atoms with Crippen LogP contribution in [-0.4, -0.2) is 124 Å². The van der Waals surface area contributed by atoms with E-state index in [0.29, 0.717) is 42.6 Å². The Morgan fingerprint density at radius 2 is 1.58 bits per heavy atom. The lowest BCUT2D eigenvalue weighted by Crippen LogP contribution is -2.50. The number of anilines is 3. The van der Waals surface area contributed by atoms with E-state index in [1.54, 1.807) is 29.2 Å². The van der Waals surface area contributed by atoms with E-state index in [4.69, 9.17) is 0 Å². The van der Waals surface area contributed by atoms with Crippen molar-refractivity contribution >= 4 is 46.3 Å². The maximum absolute atomic E-state index is 14.2. The number of aromatic nitrogens is 3. The summed E-state index contributed by atoms with van der Waals surface area (Å²) in [6.07, 6.45) is 13.6. The Kier molecular flexibility index (Phi) is 10.3. The zero-order valence-corrected chi connectivity index (χ0v) is 33.7. The lowest BCUT2D eigenvalue weighted by atomic mass is 9.90. The summed E-state index contributed by atoms with van der Waals surface area (Å²) in [4.78, 5) is 68.4. The Morgan fingerprint density at radius 1 is 0.831 bits per heavy atom. The van der Waals surface area contributed by atoms with Crippen LogP contribution in [0.4, 0.5) is 17.1 Å². The van der Waals surface area contributed by atoms with Gasteiger partial charge in [0.05, 0.1) is 23.5 Å². The number of hydrogen-bond donors (Lipinski definition) is 2. The summed E-state index contributed by atoms with van der Waals surface area (Å²) in [7, 11) is 0. The van der Waals surface area contributed by atoms with Gasteiger partial charge in [0.1, 0.15) is 5.56 Å². The molecular weight excluding hydrogens is 745 g/mol. The summed E-state index contributed by atoms with van der Waals surface area (Å²) < 4.78 is 1.61. The summed E-state index contributed by atoms with van der Waals surface area (Å²) >= 11 is 0. The number of benzene rings is 2. The molecule has 0 spiro atoms. The van der Waals surface area contributed by atoms with E-state index in [2.05, 4.69) is 69.5 Å². The molecule has 10 rings (SSSR count). The van der Waals surface area contributed by atoms with E-state index in [-0.39, 0.29) is 35.6 Å². The van der Waals surface area contributed by atoms with Gasteiger partial charge in [0.2, 0.25) is 11.8 Å². The Hall–Kier alpha value is -5.34. The molecule has 59 heavy (non-hydrogen) atoms. The standard InChI is InChI=1S/C45H54N10O4/c56-41-8-7-36(43(57)49-41)31-3-5-33(6-4-31)52-21-9-30(10-22-52)28-50-19-11-35(12-20-50)54-29-32-25-39(48-44(58)38-27-47-55-18-1-15-46-42(38)55)40(26-37(32)45(54)59)53-23-13-34(14-24-53)51-16-2-17-51/h1,3-6,15,18,25-27,30,34-36H,2,7-14,16-17,19-24,28-29H2,(H,48,58)(H,49,56,57).